The fourth-order valence-corrected chi connectivity index (χ4v) is 2.73. The molecule has 0 radical (unpaired) electrons. The molecule has 5 nitrogen and oxygen atoms in total. The van der Waals surface area contributed by atoms with E-state index < -0.39 is 0 Å². The minimum absolute atomic E-state index is 0.0857. The Labute approximate surface area is 158 Å². The Kier molecular flexibility index (Phi) is 6.05. The lowest BCUT2D eigenvalue weighted by Gasteiger charge is -2.09. The minimum atomic E-state index is -0.130. The van der Waals surface area contributed by atoms with Gasteiger partial charge in [-0.1, -0.05) is 37.3 Å². The van der Waals surface area contributed by atoms with Crippen LogP contribution < -0.4 is 16.0 Å². The van der Waals surface area contributed by atoms with Crippen LogP contribution >= 0.6 is 0 Å². The molecule has 3 N–H and O–H groups in total. The van der Waals surface area contributed by atoms with Crippen LogP contribution in [-0.2, 0) is 4.79 Å². The summed E-state index contributed by atoms with van der Waals surface area (Å²) >= 11 is 0. The maximum atomic E-state index is 12.2. The van der Waals surface area contributed by atoms with Gasteiger partial charge in [0.05, 0.1) is 6.54 Å². The van der Waals surface area contributed by atoms with Crippen LogP contribution in [0.3, 0.4) is 0 Å². The molecule has 3 rings (SSSR count). The highest BCUT2D eigenvalue weighted by molar-refractivity contribution is 5.97. The van der Waals surface area contributed by atoms with Crippen molar-refractivity contribution in [2.45, 2.75) is 13.3 Å². The van der Waals surface area contributed by atoms with Crippen molar-refractivity contribution in [2.75, 3.05) is 23.7 Å². The molecule has 0 bridgehead atoms. The van der Waals surface area contributed by atoms with Crippen LogP contribution in [0.4, 0.5) is 11.4 Å². The molecule has 0 unspecified atom stereocenters. The number of fused-ring (bicyclic) bond motifs is 1. The molecule has 0 fully saturated rings. The highest BCUT2D eigenvalue weighted by atomic mass is 16.2. The van der Waals surface area contributed by atoms with Crippen molar-refractivity contribution in [3.8, 4) is 0 Å². The largest absolute Gasteiger partial charge is 0.376 e. The van der Waals surface area contributed by atoms with Crippen LogP contribution in [-0.4, -0.2) is 24.9 Å². The van der Waals surface area contributed by atoms with E-state index in [0.29, 0.717) is 12.1 Å². The van der Waals surface area contributed by atoms with Crippen LogP contribution in [0.25, 0.3) is 10.8 Å². The van der Waals surface area contributed by atoms with Crippen molar-refractivity contribution in [3.05, 3.63) is 72.3 Å². The topological polar surface area (TPSA) is 70.2 Å². The van der Waals surface area contributed by atoms with Gasteiger partial charge in [-0.25, -0.2) is 0 Å². The van der Waals surface area contributed by atoms with Gasteiger partial charge in [0.25, 0.3) is 5.91 Å². The number of hydrogen-bond donors (Lipinski definition) is 3. The van der Waals surface area contributed by atoms with E-state index >= 15 is 0 Å². The summed E-state index contributed by atoms with van der Waals surface area (Å²) in [6, 6.07) is 20.9. The molecular weight excluding hydrogens is 338 g/mol. The number of amides is 2. The molecule has 0 saturated heterocycles. The van der Waals surface area contributed by atoms with Gasteiger partial charge in [-0.15, -0.1) is 0 Å². The first-order valence-electron chi connectivity index (χ1n) is 9.06. The molecule has 27 heavy (non-hydrogen) atoms. The smallest absolute Gasteiger partial charge is 0.251 e. The summed E-state index contributed by atoms with van der Waals surface area (Å²) in [7, 11) is 0. The molecule has 3 aromatic carbocycles. The lowest BCUT2D eigenvalue weighted by Crippen LogP contribution is -2.24. The number of carbonyl (C=O) groups is 2. The van der Waals surface area contributed by atoms with Crippen molar-refractivity contribution in [3.63, 3.8) is 0 Å². The van der Waals surface area contributed by atoms with E-state index in [9.17, 15) is 9.59 Å². The van der Waals surface area contributed by atoms with E-state index in [0.717, 1.165) is 28.6 Å². The highest BCUT2D eigenvalue weighted by Crippen LogP contribution is 2.18. The number of rotatable bonds is 7. The Morgan fingerprint density at radius 3 is 2.30 bits per heavy atom. The average Bonchev–Trinajstić information content (AvgIpc) is 2.70. The molecule has 0 saturated carbocycles. The Morgan fingerprint density at radius 2 is 1.56 bits per heavy atom. The van der Waals surface area contributed by atoms with E-state index in [4.69, 9.17) is 0 Å². The molecule has 0 heterocycles. The molecular formula is C22H23N3O2. The second-order valence-corrected chi connectivity index (χ2v) is 6.30. The number of carbonyl (C=O) groups excluding carboxylic acids is 2. The lowest BCUT2D eigenvalue weighted by molar-refractivity contribution is -0.114. The molecule has 0 atom stereocenters. The summed E-state index contributed by atoms with van der Waals surface area (Å²) in [4.78, 5) is 24.1. The predicted molar refractivity (Wildman–Crippen MR) is 110 cm³/mol. The summed E-state index contributed by atoms with van der Waals surface area (Å²) in [5, 5.41) is 11.0. The van der Waals surface area contributed by atoms with E-state index in [2.05, 4.69) is 16.0 Å². The second kappa shape index (κ2) is 8.85. The van der Waals surface area contributed by atoms with Crippen LogP contribution in [0.15, 0.2) is 66.7 Å². The maximum Gasteiger partial charge on any atom is 0.251 e. The molecule has 0 aromatic heterocycles. The molecule has 0 spiro atoms. The zero-order chi connectivity index (χ0) is 19.1. The zero-order valence-corrected chi connectivity index (χ0v) is 15.3. The van der Waals surface area contributed by atoms with Gasteiger partial charge in [-0.3, -0.25) is 9.59 Å². The third kappa shape index (κ3) is 5.07. The zero-order valence-electron chi connectivity index (χ0n) is 15.3. The highest BCUT2D eigenvalue weighted by Gasteiger charge is 2.06. The molecule has 138 valence electrons. The monoisotopic (exact) mass is 361 g/mol. The Bertz CT molecular complexity index is 936. The first-order valence-corrected chi connectivity index (χ1v) is 9.06. The van der Waals surface area contributed by atoms with Crippen LogP contribution in [0, 0.1) is 0 Å². The summed E-state index contributed by atoms with van der Waals surface area (Å²) in [6.07, 6.45) is 0.900. The van der Waals surface area contributed by atoms with Crippen LogP contribution in [0.1, 0.15) is 23.7 Å². The summed E-state index contributed by atoms with van der Waals surface area (Å²) in [5.74, 6) is -0.215. The van der Waals surface area contributed by atoms with Gasteiger partial charge >= 0.3 is 0 Å². The Morgan fingerprint density at radius 1 is 0.852 bits per heavy atom. The Hall–Kier alpha value is -3.34. The predicted octanol–water partition coefficient (Wildman–Crippen LogP) is 4.03. The SMILES string of the molecule is CCCNC(=O)c1ccc(NCC(=O)Nc2ccc3ccccc3c2)cc1. The number of hydrogen-bond acceptors (Lipinski definition) is 3. The minimum Gasteiger partial charge on any atom is -0.376 e. The summed E-state index contributed by atoms with van der Waals surface area (Å²) in [6.45, 7) is 2.82. The van der Waals surface area contributed by atoms with Crippen LogP contribution in [0.5, 0.6) is 0 Å². The first kappa shape index (κ1) is 18.5. The fourth-order valence-electron chi connectivity index (χ4n) is 2.73. The van der Waals surface area contributed by atoms with Gasteiger partial charge < -0.3 is 16.0 Å². The van der Waals surface area contributed by atoms with Crippen LogP contribution in [0.2, 0.25) is 0 Å². The first-order chi connectivity index (χ1) is 13.2. The summed E-state index contributed by atoms with van der Waals surface area (Å²) in [5.41, 5.74) is 2.16. The fraction of sp³-hybridized carbons (Fsp3) is 0.182. The van der Waals surface area contributed by atoms with Gasteiger partial charge in [0.1, 0.15) is 0 Å². The molecule has 0 aliphatic heterocycles. The van der Waals surface area contributed by atoms with Crippen molar-refractivity contribution in [2.24, 2.45) is 0 Å². The van der Waals surface area contributed by atoms with Crippen molar-refractivity contribution in [1.82, 2.24) is 5.32 Å². The van der Waals surface area contributed by atoms with Crippen molar-refractivity contribution >= 4 is 34.0 Å². The molecule has 5 heteroatoms. The third-order valence-electron chi connectivity index (χ3n) is 4.17. The van der Waals surface area contributed by atoms with Crippen molar-refractivity contribution < 1.29 is 9.59 Å². The third-order valence-corrected chi connectivity index (χ3v) is 4.17. The number of anilines is 2. The number of nitrogens with one attached hydrogen (secondary N) is 3. The van der Waals surface area contributed by atoms with Gasteiger partial charge in [0.2, 0.25) is 5.91 Å². The molecule has 3 aromatic rings. The quantitative estimate of drug-likeness (QED) is 0.595. The van der Waals surface area contributed by atoms with Gasteiger partial charge in [-0.2, -0.15) is 0 Å². The molecule has 2 amide bonds. The van der Waals surface area contributed by atoms with E-state index in [1.807, 2.05) is 49.4 Å². The van der Waals surface area contributed by atoms with Gasteiger partial charge in [-0.05, 0) is 53.6 Å². The normalized spacial score (nSPS) is 10.4. The van der Waals surface area contributed by atoms with Gasteiger partial charge in [0.15, 0.2) is 0 Å². The second-order valence-electron chi connectivity index (χ2n) is 6.30. The summed E-state index contributed by atoms with van der Waals surface area (Å²) < 4.78 is 0. The maximum absolute atomic E-state index is 12.2. The van der Waals surface area contributed by atoms with E-state index in [1.165, 1.54) is 0 Å². The number of benzene rings is 3. The standard InChI is InChI=1S/C22H23N3O2/c1-2-13-23-22(27)17-8-10-19(11-9-17)24-15-21(26)25-20-12-7-16-5-3-4-6-18(16)14-20/h3-12,14,24H,2,13,15H2,1H3,(H,23,27)(H,25,26). The van der Waals surface area contributed by atoms with E-state index in [1.54, 1.807) is 24.3 Å². The molecule has 0 aliphatic rings. The average molecular weight is 361 g/mol. The van der Waals surface area contributed by atoms with E-state index in [-0.39, 0.29) is 18.4 Å². The lowest BCUT2D eigenvalue weighted by atomic mass is 10.1. The van der Waals surface area contributed by atoms with Gasteiger partial charge in [0, 0.05) is 23.5 Å². The Balaban J connectivity index is 1.53. The van der Waals surface area contributed by atoms with Crippen molar-refractivity contribution in [1.29, 1.82) is 0 Å². The molecule has 0 aliphatic carbocycles.